The molecule has 1 amide bonds. The number of ether oxygens (including phenoxy) is 1. The Kier molecular flexibility index (Phi) is 8.97. The molecule has 180 valence electrons. The number of guanidine groups is 1. The highest BCUT2D eigenvalue weighted by Gasteiger charge is 2.47. The predicted octanol–water partition coefficient (Wildman–Crippen LogP) is -1.00. The molecule has 0 bridgehead atoms. The first kappa shape index (κ1) is 25.8. The summed E-state index contributed by atoms with van der Waals surface area (Å²) in [4.78, 5) is 28.0. The van der Waals surface area contributed by atoms with Crippen LogP contribution in [0, 0.1) is 6.92 Å². The first-order chi connectivity index (χ1) is 15.5. The van der Waals surface area contributed by atoms with E-state index in [0.29, 0.717) is 0 Å². The highest BCUT2D eigenvalue weighted by molar-refractivity contribution is 5.86. The van der Waals surface area contributed by atoms with Crippen LogP contribution in [0.25, 0.3) is 6.08 Å². The highest BCUT2D eigenvalue weighted by atomic mass is 16.5. The molecule has 11 heteroatoms. The molecule has 5 atom stereocenters. The number of nitrogens with one attached hydrogen (secondary N) is 1. The molecular weight excluding hydrogens is 432 g/mol. The van der Waals surface area contributed by atoms with Crippen molar-refractivity contribution >= 4 is 23.9 Å². The number of hydrogen-bond acceptors (Lipinski definition) is 7. The monoisotopic (exact) mass is 462 g/mol. The van der Waals surface area contributed by atoms with Crippen LogP contribution in [0.15, 0.2) is 46.7 Å². The third-order valence-corrected chi connectivity index (χ3v) is 5.09. The lowest BCUT2D eigenvalue weighted by Crippen LogP contribution is -2.61. The Hall–Kier alpha value is -3.41. The van der Waals surface area contributed by atoms with Crippen molar-refractivity contribution in [2.75, 3.05) is 6.61 Å². The van der Waals surface area contributed by atoms with Gasteiger partial charge in [-0.2, -0.15) is 0 Å². The summed E-state index contributed by atoms with van der Waals surface area (Å²) >= 11 is 0. The number of amides is 1. The number of aliphatic hydroxyl groups is 3. The maximum absolute atomic E-state index is 12.0. The van der Waals surface area contributed by atoms with Crippen LogP contribution in [0.3, 0.4) is 0 Å². The standard InChI is InChI=1S/C22H30N4O7/c1-11-6-8-13(9-7-11)4-3-5-14-16(26-22(23)24)17(25-12(2)28)20(18(30)15(29)10-27)33-19(14)21(31)32/h3-4,6-9,15-18,20,27,29-30H,5,10H2,1-2H3,(H,25,28)(H,31,32)(H4,23,24,26)/b4-3+/t15-,16+,17-,18-,20-/m1/s1. The Morgan fingerprint density at radius 1 is 1.24 bits per heavy atom. The van der Waals surface area contributed by atoms with Gasteiger partial charge in [-0.15, -0.1) is 0 Å². The fourth-order valence-electron chi connectivity index (χ4n) is 3.54. The molecule has 0 radical (unpaired) electrons. The Bertz CT molecular complexity index is 939. The van der Waals surface area contributed by atoms with E-state index >= 15 is 0 Å². The molecule has 0 aromatic heterocycles. The quantitative estimate of drug-likeness (QED) is 0.177. The van der Waals surface area contributed by atoms with Gasteiger partial charge in [0.05, 0.1) is 12.6 Å². The van der Waals surface area contributed by atoms with Gasteiger partial charge in [-0.05, 0) is 18.9 Å². The number of rotatable bonds is 9. The Labute approximate surface area is 191 Å². The van der Waals surface area contributed by atoms with Gasteiger partial charge in [0.1, 0.15) is 24.4 Å². The van der Waals surface area contributed by atoms with Gasteiger partial charge in [0, 0.05) is 12.5 Å². The number of nitrogens with two attached hydrogens (primary N) is 2. The SMILES string of the molecule is CC(=O)N[C@H]1[C@H]([C@H](O)[C@H](O)CO)OC(C(=O)O)=C(C/C=C/c2ccc(C)cc2)[C@@H]1N=C(N)N. The largest absolute Gasteiger partial charge is 0.478 e. The molecule has 0 fully saturated rings. The molecule has 33 heavy (non-hydrogen) atoms. The Balaban J connectivity index is 2.54. The lowest BCUT2D eigenvalue weighted by Gasteiger charge is -2.41. The molecule has 0 unspecified atom stereocenters. The van der Waals surface area contributed by atoms with Crippen LogP contribution in [0.4, 0.5) is 0 Å². The predicted molar refractivity (Wildman–Crippen MR) is 121 cm³/mol. The van der Waals surface area contributed by atoms with Gasteiger partial charge in [0.15, 0.2) is 5.96 Å². The number of aliphatic imine (C=N–C) groups is 1. The molecule has 0 saturated heterocycles. The van der Waals surface area contributed by atoms with Crippen molar-refractivity contribution in [3.8, 4) is 0 Å². The third-order valence-electron chi connectivity index (χ3n) is 5.09. The molecule has 9 N–H and O–H groups in total. The topological polar surface area (TPSA) is 201 Å². The molecule has 0 saturated carbocycles. The first-order valence-electron chi connectivity index (χ1n) is 10.2. The zero-order valence-electron chi connectivity index (χ0n) is 18.4. The fraction of sp³-hybridized carbons (Fsp3) is 0.409. The normalized spacial score (nSPS) is 22.4. The number of aryl methyl sites for hydroxylation is 1. The van der Waals surface area contributed by atoms with E-state index in [9.17, 15) is 30.0 Å². The summed E-state index contributed by atoms with van der Waals surface area (Å²) < 4.78 is 5.55. The molecule has 0 spiro atoms. The van der Waals surface area contributed by atoms with Gasteiger partial charge < -0.3 is 41.9 Å². The van der Waals surface area contributed by atoms with E-state index in [1.165, 1.54) is 6.92 Å². The molecule has 0 aliphatic carbocycles. The van der Waals surface area contributed by atoms with Crippen molar-refractivity contribution in [3.63, 3.8) is 0 Å². The molecular formula is C22H30N4O7. The van der Waals surface area contributed by atoms with Crippen molar-refractivity contribution in [1.82, 2.24) is 5.32 Å². The first-order valence-corrected chi connectivity index (χ1v) is 10.2. The molecule has 2 rings (SSSR count). The zero-order valence-corrected chi connectivity index (χ0v) is 18.4. The maximum Gasteiger partial charge on any atom is 0.371 e. The minimum absolute atomic E-state index is 0.0540. The molecule has 11 nitrogen and oxygen atoms in total. The highest BCUT2D eigenvalue weighted by Crippen LogP contribution is 2.32. The number of carbonyl (C=O) groups excluding carboxylic acids is 1. The van der Waals surface area contributed by atoms with E-state index in [1.54, 1.807) is 12.2 Å². The average Bonchev–Trinajstić information content (AvgIpc) is 2.75. The fourth-order valence-corrected chi connectivity index (χ4v) is 3.54. The summed E-state index contributed by atoms with van der Waals surface area (Å²) in [5.41, 5.74) is 13.3. The van der Waals surface area contributed by atoms with Crippen molar-refractivity contribution in [1.29, 1.82) is 0 Å². The minimum Gasteiger partial charge on any atom is -0.478 e. The smallest absolute Gasteiger partial charge is 0.371 e. The van der Waals surface area contributed by atoms with Crippen LogP contribution in [-0.2, 0) is 14.3 Å². The maximum atomic E-state index is 12.0. The molecule has 1 aromatic rings. The second-order valence-corrected chi connectivity index (χ2v) is 7.72. The van der Waals surface area contributed by atoms with Crippen molar-refractivity contribution < 1.29 is 34.8 Å². The lowest BCUT2D eigenvalue weighted by atomic mass is 9.86. The summed E-state index contributed by atoms with van der Waals surface area (Å²) in [6, 6.07) is 5.40. The van der Waals surface area contributed by atoms with Crippen LogP contribution in [0.5, 0.6) is 0 Å². The average molecular weight is 463 g/mol. The van der Waals surface area contributed by atoms with Crippen molar-refractivity contribution in [2.24, 2.45) is 16.5 Å². The van der Waals surface area contributed by atoms with Gasteiger partial charge in [0.25, 0.3) is 0 Å². The van der Waals surface area contributed by atoms with Crippen LogP contribution in [0.2, 0.25) is 0 Å². The van der Waals surface area contributed by atoms with Gasteiger partial charge in [-0.3, -0.25) is 4.79 Å². The van der Waals surface area contributed by atoms with Gasteiger partial charge in [-0.1, -0.05) is 42.0 Å². The number of carboxylic acids is 1. The summed E-state index contributed by atoms with van der Waals surface area (Å²) in [6.07, 6.45) is -1.33. The number of nitrogens with zero attached hydrogens (tertiary/aromatic N) is 1. The summed E-state index contributed by atoms with van der Waals surface area (Å²) in [7, 11) is 0. The zero-order chi connectivity index (χ0) is 24.7. The number of carbonyl (C=O) groups is 2. The second kappa shape index (κ2) is 11.5. The van der Waals surface area contributed by atoms with Gasteiger partial charge in [-0.25, -0.2) is 9.79 Å². The van der Waals surface area contributed by atoms with Crippen molar-refractivity contribution in [2.45, 2.75) is 50.7 Å². The molecule has 1 aliphatic heterocycles. The number of allylic oxidation sites excluding steroid dienone is 1. The summed E-state index contributed by atoms with van der Waals surface area (Å²) in [5.74, 6) is -2.86. The Morgan fingerprint density at radius 3 is 2.39 bits per heavy atom. The number of aliphatic carboxylic acids is 1. The van der Waals surface area contributed by atoms with Crippen LogP contribution < -0.4 is 16.8 Å². The van der Waals surface area contributed by atoms with Crippen LogP contribution >= 0.6 is 0 Å². The molecule has 1 aromatic carbocycles. The van der Waals surface area contributed by atoms with E-state index < -0.39 is 54.6 Å². The van der Waals surface area contributed by atoms with E-state index in [2.05, 4.69) is 10.3 Å². The number of hydrogen-bond donors (Lipinski definition) is 7. The molecule has 1 heterocycles. The number of benzene rings is 1. The minimum atomic E-state index is -1.75. The van der Waals surface area contributed by atoms with Crippen molar-refractivity contribution in [3.05, 3.63) is 52.8 Å². The molecule has 1 aliphatic rings. The second-order valence-electron chi connectivity index (χ2n) is 7.72. The van der Waals surface area contributed by atoms with E-state index in [1.807, 2.05) is 31.2 Å². The Morgan fingerprint density at radius 2 is 1.88 bits per heavy atom. The van der Waals surface area contributed by atoms with Crippen LogP contribution in [-0.4, -0.2) is 75.3 Å². The number of aliphatic hydroxyl groups excluding tert-OH is 3. The third kappa shape index (κ3) is 6.78. The van der Waals surface area contributed by atoms with E-state index in [-0.39, 0.29) is 18.0 Å². The number of carboxylic acid groups (broad SMARTS) is 1. The van der Waals surface area contributed by atoms with Gasteiger partial charge in [0.2, 0.25) is 11.7 Å². The van der Waals surface area contributed by atoms with E-state index in [0.717, 1.165) is 11.1 Å². The van der Waals surface area contributed by atoms with Crippen LogP contribution in [0.1, 0.15) is 24.5 Å². The lowest BCUT2D eigenvalue weighted by molar-refractivity contribution is -0.146. The van der Waals surface area contributed by atoms with E-state index in [4.69, 9.17) is 16.2 Å². The van der Waals surface area contributed by atoms with Gasteiger partial charge >= 0.3 is 5.97 Å². The summed E-state index contributed by atoms with van der Waals surface area (Å²) in [6.45, 7) is 2.35. The summed E-state index contributed by atoms with van der Waals surface area (Å²) in [5, 5.41) is 42.0.